The molecule has 6 N–H and O–H groups in total. The van der Waals surface area contributed by atoms with E-state index in [-0.39, 0.29) is 63.8 Å². The van der Waals surface area contributed by atoms with Gasteiger partial charge in [0, 0.05) is 45.9 Å². The van der Waals surface area contributed by atoms with Crippen molar-refractivity contribution >= 4 is 15.6 Å². The van der Waals surface area contributed by atoms with Gasteiger partial charge in [0.25, 0.3) is 0 Å². The van der Waals surface area contributed by atoms with E-state index in [0.29, 0.717) is 152 Å². The van der Waals surface area contributed by atoms with E-state index in [1.165, 1.54) is 44.5 Å². The van der Waals surface area contributed by atoms with Crippen LogP contribution in [0.25, 0.3) is 22.3 Å². The number of halogens is 12. The van der Waals surface area contributed by atoms with E-state index in [1.807, 2.05) is 97.6 Å². The van der Waals surface area contributed by atoms with Crippen molar-refractivity contribution < 1.29 is 157 Å². The normalized spacial score (nSPS) is 21.6. The van der Waals surface area contributed by atoms with Crippen molar-refractivity contribution in [2.45, 2.75) is 49.4 Å². The molecule has 8 aromatic carbocycles. The van der Waals surface area contributed by atoms with Crippen LogP contribution in [0.1, 0.15) is 94.5 Å². The molecule has 0 spiro atoms. The number of ether oxygens (including phenoxy) is 18. The van der Waals surface area contributed by atoms with Gasteiger partial charge in [-0.1, -0.05) is 72.8 Å². The van der Waals surface area contributed by atoms with Crippen LogP contribution < -0.4 is 57.3 Å². The van der Waals surface area contributed by atoms with Crippen LogP contribution >= 0.6 is 15.6 Å². The Morgan fingerprint density at radius 3 is 0.531 bits per heavy atom. The summed E-state index contributed by atoms with van der Waals surface area (Å²) < 4.78 is 231. The summed E-state index contributed by atoms with van der Waals surface area (Å²) in [6, 6.07) is 59.0. The number of nitrogens with one attached hydrogen (secondary N) is 2. The molecule has 36 heteroatoms. The van der Waals surface area contributed by atoms with E-state index >= 15 is 0 Å². The average Bonchev–Trinajstić information content (AvgIpc) is 0.665. The number of hydrogen-bond acceptors (Lipinski definition) is 18. The van der Waals surface area contributed by atoms with Gasteiger partial charge in [0.15, 0.2) is 70.8 Å². The molecule has 0 fully saturated rings. The molecule has 18 rings (SSSR count). The van der Waals surface area contributed by atoms with Crippen molar-refractivity contribution in [3.8, 4) is 79.7 Å². The van der Waals surface area contributed by atoms with E-state index in [1.54, 1.807) is 14.2 Å². The number of hydrogen-bond donors (Lipinski definition) is 0. The number of benzene rings is 8. The van der Waals surface area contributed by atoms with E-state index in [0.717, 1.165) is 56.0 Å². The Morgan fingerprint density at radius 1 is 0.227 bits per heavy atom. The fraction of sp³-hybridized carbons (Fsp3) is 0.370. The van der Waals surface area contributed by atoms with Gasteiger partial charge in [0.05, 0.1) is 120 Å². The van der Waals surface area contributed by atoms with Crippen LogP contribution in [0.15, 0.2) is 195 Å². The first-order valence-corrected chi connectivity index (χ1v) is 44.9. The minimum Gasteiger partial charge on any atom is -0.412 e. The van der Waals surface area contributed by atoms with Crippen molar-refractivity contribution in [2.75, 3.05) is 173 Å². The second-order valence-electron chi connectivity index (χ2n) is 30.6. The smallest absolute Gasteiger partial charge is 0.412 e. The van der Waals surface area contributed by atoms with Gasteiger partial charge in [-0.3, -0.25) is 0 Å². The molecule has 2 aliphatic heterocycles. The Morgan fingerprint density at radius 2 is 0.375 bits per heavy atom. The fourth-order valence-electron chi connectivity index (χ4n) is 16.6. The van der Waals surface area contributed by atoms with Crippen LogP contribution in [0.4, 0.5) is 50.4 Å². The second kappa shape index (κ2) is 40.0. The van der Waals surface area contributed by atoms with Gasteiger partial charge in [0.1, 0.15) is 64.4 Å². The summed E-state index contributed by atoms with van der Waals surface area (Å²) in [5.74, 6) is 6.73. The zero-order valence-corrected chi connectivity index (χ0v) is 73.0. The van der Waals surface area contributed by atoms with Crippen LogP contribution in [0.3, 0.4) is 0 Å². The Hall–Kier alpha value is -10.3. The molecular formula is C92H104F12N2O20P2. The first kappa shape index (κ1) is 98.3. The summed E-state index contributed by atoms with van der Waals surface area (Å²) in [4.78, 5) is 6.00. The van der Waals surface area contributed by atoms with Crippen LogP contribution in [0, 0.1) is 0 Å². The molecule has 4 bridgehead atoms. The van der Waals surface area contributed by atoms with Gasteiger partial charge in [-0.15, -0.1) is 0 Å². The summed E-state index contributed by atoms with van der Waals surface area (Å²) in [6.07, 6.45) is 7.66. The minimum atomic E-state index is -10.7. The van der Waals surface area contributed by atoms with Crippen LogP contribution in [0.2, 0.25) is 0 Å². The molecule has 4 heterocycles. The van der Waals surface area contributed by atoms with Crippen molar-refractivity contribution in [1.82, 2.24) is 0 Å². The third-order valence-electron chi connectivity index (χ3n) is 22.3. The van der Waals surface area contributed by atoms with Gasteiger partial charge >= 0.3 is 66.0 Å². The minimum absolute atomic E-state index is 0. The van der Waals surface area contributed by atoms with E-state index in [4.69, 9.17) is 85.3 Å². The van der Waals surface area contributed by atoms with E-state index in [2.05, 4.69) is 135 Å². The molecule has 0 amide bonds. The largest absolute Gasteiger partial charge is 0.412 e. The number of aromatic nitrogens is 2. The first-order chi connectivity index (χ1) is 59.9. The first-order valence-electron chi connectivity index (χ1n) is 40.9. The molecule has 696 valence electrons. The zero-order valence-electron chi connectivity index (χ0n) is 71.2. The number of fused-ring (bicyclic) bond motifs is 4. The molecular weight excluding hydrogens is 1740 g/mol. The van der Waals surface area contributed by atoms with Crippen LogP contribution in [0.5, 0.6) is 57.5 Å². The molecule has 10 aromatic rings. The van der Waals surface area contributed by atoms with Gasteiger partial charge in [-0.05, 0) is 190 Å². The van der Waals surface area contributed by atoms with Crippen LogP contribution in [-0.4, -0.2) is 184 Å². The molecule has 0 saturated carbocycles. The third kappa shape index (κ3) is 24.8. The molecule has 0 radical (unpaired) electrons. The molecule has 6 aliphatic carbocycles. The molecule has 0 saturated heterocycles. The van der Waals surface area contributed by atoms with Crippen molar-refractivity contribution in [3.63, 3.8) is 0 Å². The standard InChI is InChI=1S/C68H76O16.2C12H11NO.2F6P.2H2O/c1-65-45-9-5-6-10-46(45)66(2)51-39-59-57(37-49(51)65)77-29-21-69-13-15-73-25-33-81-61-41-53-55(43-63(61)83-35-27-75-19-17-71-23-31-79-59)68(4)48-12-8-7-11-47(48)67(53,3)54-42-62-64(44-56(54)68)84-36-28-76-20-18-72-24-32-80-60-40-52(66)50(65)38-58(60)78-30-22-70-14-16-74-26-34-82-62;2*1-14-12-4-2-10(3-5-12)11-6-8-13-9-7-11;2*1-7(2,3,4,5)6;;/h5-12,37-44H,13-36H2,1-4H3;2*2-9H,1H3;;;2*1H2/q;;;2*-1;;/p+2. The van der Waals surface area contributed by atoms with E-state index < -0.39 is 37.3 Å². The van der Waals surface area contributed by atoms with Crippen molar-refractivity contribution in [2.24, 2.45) is 0 Å². The number of rotatable bonds is 4. The second-order valence-corrected chi connectivity index (χ2v) is 34.4. The molecule has 0 unspecified atom stereocenters. The molecule has 2 aromatic heterocycles. The Balaban J connectivity index is 0.000000293. The summed E-state index contributed by atoms with van der Waals surface area (Å²) in [6.45, 7) is 17.1. The fourth-order valence-corrected chi connectivity index (χ4v) is 16.6. The number of aromatic amines is 2. The zero-order chi connectivity index (χ0) is 89.6. The maximum atomic E-state index is 9.87. The number of methoxy groups -OCH3 is 2. The number of H-pyrrole nitrogens is 2. The molecule has 8 aliphatic rings. The van der Waals surface area contributed by atoms with Gasteiger partial charge in [-0.2, -0.15) is 0 Å². The predicted molar refractivity (Wildman–Crippen MR) is 456 cm³/mol. The van der Waals surface area contributed by atoms with Gasteiger partial charge in [0.2, 0.25) is 0 Å². The molecule has 22 nitrogen and oxygen atoms in total. The summed E-state index contributed by atoms with van der Waals surface area (Å²) in [5, 5.41) is 0. The predicted octanol–water partition coefficient (Wildman–Crippen LogP) is 18.7. The van der Waals surface area contributed by atoms with Gasteiger partial charge < -0.3 is 96.2 Å². The summed E-state index contributed by atoms with van der Waals surface area (Å²) in [7, 11) is -18.0. The Labute approximate surface area is 732 Å². The summed E-state index contributed by atoms with van der Waals surface area (Å²) >= 11 is 0. The summed E-state index contributed by atoms with van der Waals surface area (Å²) in [5.41, 5.74) is 16.1. The Kier molecular flexibility index (Phi) is 30.7. The monoisotopic (exact) mass is 1850 g/mol. The quantitative estimate of drug-likeness (QED) is 0.117. The van der Waals surface area contributed by atoms with Gasteiger partial charge in [-0.25, -0.2) is 9.97 Å². The number of pyridine rings is 2. The van der Waals surface area contributed by atoms with Crippen molar-refractivity contribution in [3.05, 3.63) is 261 Å². The maximum absolute atomic E-state index is 10.7. The van der Waals surface area contributed by atoms with Crippen molar-refractivity contribution in [1.29, 1.82) is 0 Å². The SMILES string of the molecule is CC12c3ccccc3C3(C)c4cc5c(cc41)OCCOCCOCCOc1cc4c(cc1OCCOCCOCCO5)C1(C)c5ccccc5C4(C)c4cc5c(cc41)OCCOCCOCCOc1cc3c2cc1OCCOCCOCCO5.COc1ccc(-c2cc[nH+]cc2)cc1.COc1ccc(-c2cc[nH+]cc2)cc1.F[P-](F)(F)(F)(F)F.F[P-](F)(F)(F)(F)F.O.O. The average molecular weight is 1850 g/mol. The molecule has 0 atom stereocenters. The van der Waals surface area contributed by atoms with E-state index in [9.17, 15) is 50.4 Å². The molecule has 128 heavy (non-hydrogen) atoms. The topological polar surface area (TPSA) is 257 Å². The van der Waals surface area contributed by atoms with Crippen LogP contribution in [-0.2, 0) is 59.6 Å². The maximum Gasteiger partial charge on any atom is -0.412 e. The Bertz CT molecular complexity index is 4650. The third-order valence-corrected chi connectivity index (χ3v) is 22.3.